The van der Waals surface area contributed by atoms with Gasteiger partial charge in [0.25, 0.3) is 0 Å². The average molecular weight is 319 g/mol. The number of anilines is 1. The molecule has 0 bridgehead atoms. The molecule has 2 heterocycles. The van der Waals surface area contributed by atoms with E-state index in [1.54, 1.807) is 18.5 Å². The predicted octanol–water partition coefficient (Wildman–Crippen LogP) is 0.803. The van der Waals surface area contributed by atoms with Gasteiger partial charge in [-0.1, -0.05) is 6.92 Å². The van der Waals surface area contributed by atoms with Crippen molar-refractivity contribution in [2.24, 2.45) is 5.92 Å². The first-order valence-electron chi connectivity index (χ1n) is 6.58. The highest BCUT2D eigenvalue weighted by atomic mass is 35.5. The van der Waals surface area contributed by atoms with Crippen molar-refractivity contribution in [3.8, 4) is 0 Å². The van der Waals surface area contributed by atoms with Gasteiger partial charge in [0.2, 0.25) is 16.0 Å². The zero-order chi connectivity index (χ0) is 14.6. The Morgan fingerprint density at radius 1 is 1.25 bits per heavy atom. The Bertz CT molecular complexity index is 518. The summed E-state index contributed by atoms with van der Waals surface area (Å²) < 4.78 is 26.0. The molecule has 0 saturated carbocycles. The lowest BCUT2D eigenvalue weighted by Gasteiger charge is -2.34. The Labute approximate surface area is 124 Å². The molecule has 1 aliphatic rings. The molecule has 20 heavy (non-hydrogen) atoms. The van der Waals surface area contributed by atoms with Crippen molar-refractivity contribution in [1.29, 1.82) is 0 Å². The number of rotatable bonds is 5. The molecule has 0 aromatic carbocycles. The Hall–Kier alpha value is -0.920. The zero-order valence-electron chi connectivity index (χ0n) is 11.4. The summed E-state index contributed by atoms with van der Waals surface area (Å²) in [7, 11) is -3.22. The SMILES string of the molecule is CC(CCl)CS(=O)(=O)N1CCN(c2ncccn2)CC1. The summed E-state index contributed by atoms with van der Waals surface area (Å²) >= 11 is 5.69. The fourth-order valence-corrected chi connectivity index (χ4v) is 4.14. The second kappa shape index (κ2) is 6.69. The van der Waals surface area contributed by atoms with E-state index in [4.69, 9.17) is 11.6 Å². The standard InChI is InChI=1S/C12H19ClN4O2S/c1-11(9-13)10-20(18,19)17-7-5-16(6-8-17)12-14-3-2-4-15-12/h2-4,11H,5-10H2,1H3. The highest BCUT2D eigenvalue weighted by Crippen LogP contribution is 2.15. The topological polar surface area (TPSA) is 66.4 Å². The Morgan fingerprint density at radius 3 is 2.40 bits per heavy atom. The normalized spacial score (nSPS) is 19.0. The maximum absolute atomic E-state index is 12.2. The molecule has 8 heteroatoms. The van der Waals surface area contributed by atoms with Crippen LogP contribution in [0, 0.1) is 5.92 Å². The first-order valence-corrected chi connectivity index (χ1v) is 8.73. The van der Waals surface area contributed by atoms with Gasteiger partial charge in [-0.05, 0) is 12.0 Å². The Kier molecular flexibility index (Phi) is 5.17. The van der Waals surface area contributed by atoms with E-state index in [0.717, 1.165) is 0 Å². The molecule has 0 aliphatic carbocycles. The molecular formula is C12H19ClN4O2S. The van der Waals surface area contributed by atoms with Gasteiger partial charge in [-0.15, -0.1) is 11.6 Å². The van der Waals surface area contributed by atoms with Crippen LogP contribution in [0.1, 0.15) is 6.92 Å². The van der Waals surface area contributed by atoms with Crippen LogP contribution in [0.25, 0.3) is 0 Å². The van der Waals surface area contributed by atoms with E-state index in [1.807, 2.05) is 11.8 Å². The molecule has 1 unspecified atom stereocenters. The Morgan fingerprint density at radius 2 is 1.85 bits per heavy atom. The third-order valence-electron chi connectivity index (χ3n) is 3.23. The van der Waals surface area contributed by atoms with Crippen LogP contribution in [-0.2, 0) is 10.0 Å². The Balaban J connectivity index is 1.94. The van der Waals surface area contributed by atoms with E-state index in [0.29, 0.717) is 38.0 Å². The van der Waals surface area contributed by atoms with Gasteiger partial charge in [0.05, 0.1) is 5.75 Å². The van der Waals surface area contributed by atoms with E-state index in [2.05, 4.69) is 9.97 Å². The number of halogens is 1. The van der Waals surface area contributed by atoms with Crippen LogP contribution >= 0.6 is 11.6 Å². The highest BCUT2D eigenvalue weighted by Gasteiger charge is 2.28. The smallest absolute Gasteiger partial charge is 0.225 e. The molecule has 0 spiro atoms. The van der Waals surface area contributed by atoms with Gasteiger partial charge in [-0.25, -0.2) is 18.4 Å². The van der Waals surface area contributed by atoms with Crippen LogP contribution in [0.15, 0.2) is 18.5 Å². The average Bonchev–Trinajstić information content (AvgIpc) is 2.48. The summed E-state index contributed by atoms with van der Waals surface area (Å²) in [6, 6.07) is 1.76. The van der Waals surface area contributed by atoms with Crippen LogP contribution in [-0.4, -0.2) is 60.5 Å². The molecule has 1 saturated heterocycles. The van der Waals surface area contributed by atoms with E-state index < -0.39 is 10.0 Å². The number of alkyl halides is 1. The minimum Gasteiger partial charge on any atom is -0.338 e. The summed E-state index contributed by atoms with van der Waals surface area (Å²) in [6.07, 6.45) is 3.38. The second-order valence-electron chi connectivity index (χ2n) is 4.97. The summed E-state index contributed by atoms with van der Waals surface area (Å²) in [5.41, 5.74) is 0. The zero-order valence-corrected chi connectivity index (χ0v) is 13.0. The molecule has 2 rings (SSSR count). The van der Waals surface area contributed by atoms with Gasteiger partial charge >= 0.3 is 0 Å². The molecule has 0 radical (unpaired) electrons. The molecule has 1 aromatic rings. The quantitative estimate of drug-likeness (QED) is 0.751. The lowest BCUT2D eigenvalue weighted by atomic mass is 10.3. The van der Waals surface area contributed by atoms with Crippen LogP contribution in [0.2, 0.25) is 0 Å². The minimum atomic E-state index is -3.22. The number of aromatic nitrogens is 2. The number of hydrogen-bond donors (Lipinski definition) is 0. The number of hydrogen-bond acceptors (Lipinski definition) is 5. The lowest BCUT2D eigenvalue weighted by molar-refractivity contribution is 0.380. The number of nitrogens with zero attached hydrogens (tertiary/aromatic N) is 4. The molecule has 1 aromatic heterocycles. The van der Waals surface area contributed by atoms with Crippen molar-refractivity contribution in [2.45, 2.75) is 6.92 Å². The van der Waals surface area contributed by atoms with E-state index >= 15 is 0 Å². The summed E-state index contributed by atoms with van der Waals surface area (Å²) in [5.74, 6) is 1.09. The molecule has 0 amide bonds. The van der Waals surface area contributed by atoms with Gasteiger partial charge in [0.15, 0.2) is 0 Å². The van der Waals surface area contributed by atoms with Gasteiger partial charge < -0.3 is 4.90 Å². The van der Waals surface area contributed by atoms with E-state index in [-0.39, 0.29) is 11.7 Å². The van der Waals surface area contributed by atoms with Crippen molar-refractivity contribution in [2.75, 3.05) is 42.7 Å². The van der Waals surface area contributed by atoms with Gasteiger partial charge in [-0.3, -0.25) is 0 Å². The maximum atomic E-state index is 12.2. The highest BCUT2D eigenvalue weighted by molar-refractivity contribution is 7.89. The molecule has 0 N–H and O–H groups in total. The van der Waals surface area contributed by atoms with Crippen LogP contribution in [0.5, 0.6) is 0 Å². The largest absolute Gasteiger partial charge is 0.338 e. The van der Waals surface area contributed by atoms with Gasteiger partial charge in [0.1, 0.15) is 0 Å². The predicted molar refractivity (Wildman–Crippen MR) is 79.5 cm³/mol. The van der Waals surface area contributed by atoms with Crippen molar-refractivity contribution < 1.29 is 8.42 Å². The van der Waals surface area contributed by atoms with Crippen molar-refractivity contribution in [1.82, 2.24) is 14.3 Å². The monoisotopic (exact) mass is 318 g/mol. The fourth-order valence-electron chi connectivity index (χ4n) is 2.13. The molecular weight excluding hydrogens is 300 g/mol. The first kappa shape index (κ1) is 15.5. The lowest BCUT2D eigenvalue weighted by Crippen LogP contribution is -2.50. The van der Waals surface area contributed by atoms with Gasteiger partial charge in [0, 0.05) is 44.5 Å². The fraction of sp³-hybridized carbons (Fsp3) is 0.667. The minimum absolute atomic E-state index is 0.0304. The van der Waals surface area contributed by atoms with E-state index in [1.165, 1.54) is 4.31 Å². The molecule has 1 fully saturated rings. The number of sulfonamides is 1. The summed E-state index contributed by atoms with van der Waals surface area (Å²) in [6.45, 7) is 4.00. The van der Waals surface area contributed by atoms with Crippen LogP contribution in [0.4, 0.5) is 5.95 Å². The third-order valence-corrected chi connectivity index (χ3v) is 5.89. The molecule has 6 nitrogen and oxygen atoms in total. The third kappa shape index (κ3) is 3.80. The molecule has 112 valence electrons. The maximum Gasteiger partial charge on any atom is 0.225 e. The molecule has 1 aliphatic heterocycles. The van der Waals surface area contributed by atoms with Crippen LogP contribution in [0.3, 0.4) is 0 Å². The van der Waals surface area contributed by atoms with Crippen molar-refractivity contribution in [3.63, 3.8) is 0 Å². The van der Waals surface area contributed by atoms with Crippen molar-refractivity contribution >= 4 is 27.6 Å². The van der Waals surface area contributed by atoms with Gasteiger partial charge in [-0.2, -0.15) is 4.31 Å². The summed E-state index contributed by atoms with van der Waals surface area (Å²) in [4.78, 5) is 10.4. The second-order valence-corrected chi connectivity index (χ2v) is 7.30. The number of piperazine rings is 1. The van der Waals surface area contributed by atoms with E-state index in [9.17, 15) is 8.42 Å². The molecule has 1 atom stereocenters. The first-order chi connectivity index (χ1) is 9.53. The van der Waals surface area contributed by atoms with Crippen molar-refractivity contribution in [3.05, 3.63) is 18.5 Å². The van der Waals surface area contributed by atoms with Crippen LogP contribution < -0.4 is 4.90 Å². The summed E-state index contributed by atoms with van der Waals surface area (Å²) in [5, 5.41) is 0.